The first-order valence-electron chi connectivity index (χ1n) is 8.62. The lowest BCUT2D eigenvalue weighted by Gasteiger charge is -2.23. The van der Waals surface area contributed by atoms with Crippen molar-refractivity contribution >= 4 is 5.91 Å². The molecule has 2 rings (SSSR count). The molecule has 0 radical (unpaired) electrons. The maximum absolute atomic E-state index is 12.7. The van der Waals surface area contributed by atoms with Gasteiger partial charge < -0.3 is 19.5 Å². The molecule has 5 nitrogen and oxygen atoms in total. The third-order valence-electron chi connectivity index (χ3n) is 4.30. The molecule has 5 heteroatoms. The van der Waals surface area contributed by atoms with Crippen LogP contribution in [0.25, 0.3) is 0 Å². The largest absolute Gasteiger partial charge is 0.497 e. The molecular weight excluding hydrogens is 330 g/mol. The van der Waals surface area contributed by atoms with Gasteiger partial charge in [-0.1, -0.05) is 26.0 Å². The van der Waals surface area contributed by atoms with Crippen LogP contribution in [0, 0.1) is 5.92 Å². The van der Waals surface area contributed by atoms with Crippen LogP contribution < -0.4 is 19.5 Å². The fourth-order valence-electron chi connectivity index (χ4n) is 2.86. The molecule has 0 bridgehead atoms. The van der Waals surface area contributed by atoms with Crippen molar-refractivity contribution in [2.24, 2.45) is 5.92 Å². The molecule has 2 aromatic carbocycles. The van der Waals surface area contributed by atoms with Crippen molar-refractivity contribution in [1.82, 2.24) is 5.32 Å². The van der Waals surface area contributed by atoms with Gasteiger partial charge in [0.2, 0.25) is 5.91 Å². The van der Waals surface area contributed by atoms with Gasteiger partial charge in [0, 0.05) is 5.56 Å². The minimum Gasteiger partial charge on any atom is -0.497 e. The first kappa shape index (κ1) is 19.6. The van der Waals surface area contributed by atoms with Gasteiger partial charge in [0.1, 0.15) is 17.2 Å². The van der Waals surface area contributed by atoms with Crippen molar-refractivity contribution < 1.29 is 19.0 Å². The van der Waals surface area contributed by atoms with Gasteiger partial charge in [-0.2, -0.15) is 0 Å². The van der Waals surface area contributed by atoms with Gasteiger partial charge in [0.25, 0.3) is 0 Å². The van der Waals surface area contributed by atoms with E-state index in [0.29, 0.717) is 11.5 Å². The Kier molecular flexibility index (Phi) is 6.89. The van der Waals surface area contributed by atoms with E-state index in [1.807, 2.05) is 42.5 Å². The maximum Gasteiger partial charge on any atom is 0.225 e. The number of methoxy groups -OCH3 is 3. The van der Waals surface area contributed by atoms with E-state index >= 15 is 0 Å². The number of benzene rings is 2. The summed E-state index contributed by atoms with van der Waals surface area (Å²) in [7, 11) is 4.83. The van der Waals surface area contributed by atoms with Crippen LogP contribution in [0.15, 0.2) is 42.5 Å². The van der Waals surface area contributed by atoms with Crippen molar-refractivity contribution in [2.75, 3.05) is 21.3 Å². The van der Waals surface area contributed by atoms with Gasteiger partial charge in [-0.15, -0.1) is 0 Å². The second-order valence-corrected chi connectivity index (χ2v) is 6.42. The highest BCUT2D eigenvalue weighted by Gasteiger charge is 2.19. The van der Waals surface area contributed by atoms with E-state index < -0.39 is 0 Å². The summed E-state index contributed by atoms with van der Waals surface area (Å²) < 4.78 is 15.8. The Labute approximate surface area is 155 Å². The van der Waals surface area contributed by atoms with Crippen LogP contribution in [-0.2, 0) is 11.2 Å². The van der Waals surface area contributed by atoms with Crippen LogP contribution in [0.2, 0.25) is 0 Å². The number of nitrogens with one attached hydrogen (secondary N) is 1. The van der Waals surface area contributed by atoms with Gasteiger partial charge in [-0.25, -0.2) is 0 Å². The number of carbonyl (C=O) groups is 1. The lowest BCUT2D eigenvalue weighted by Crippen LogP contribution is -2.32. The summed E-state index contributed by atoms with van der Waals surface area (Å²) in [5.41, 5.74) is 1.84. The molecule has 2 aromatic rings. The average molecular weight is 357 g/mol. The summed E-state index contributed by atoms with van der Waals surface area (Å²) >= 11 is 0. The Morgan fingerprint density at radius 1 is 0.923 bits per heavy atom. The zero-order chi connectivity index (χ0) is 19.1. The number of amides is 1. The Morgan fingerprint density at radius 3 is 2.08 bits per heavy atom. The molecule has 0 aliphatic heterocycles. The van der Waals surface area contributed by atoms with E-state index in [9.17, 15) is 4.79 Å². The smallest absolute Gasteiger partial charge is 0.225 e. The number of rotatable bonds is 8. The van der Waals surface area contributed by atoms with Crippen LogP contribution in [-0.4, -0.2) is 27.2 Å². The number of carbonyl (C=O) groups excluding carboxylic acids is 1. The standard InChI is InChI=1S/C21H27NO4/c1-14(2)21(15-6-8-17(24-3)9-7-15)22-20(23)13-16-12-18(25-4)10-11-19(16)26-5/h6-12,14,21H,13H2,1-5H3,(H,22,23). The highest BCUT2D eigenvalue weighted by atomic mass is 16.5. The zero-order valence-electron chi connectivity index (χ0n) is 16.0. The van der Waals surface area contributed by atoms with Crippen LogP contribution in [0.1, 0.15) is 31.0 Å². The molecule has 0 aliphatic rings. The van der Waals surface area contributed by atoms with Crippen molar-refractivity contribution in [3.63, 3.8) is 0 Å². The molecule has 0 saturated carbocycles. The number of hydrogen-bond acceptors (Lipinski definition) is 4. The fraction of sp³-hybridized carbons (Fsp3) is 0.381. The summed E-state index contributed by atoms with van der Waals surface area (Å²) in [4.78, 5) is 12.7. The minimum absolute atomic E-state index is 0.0638. The molecular formula is C21H27NO4. The Bertz CT molecular complexity index is 725. The van der Waals surface area contributed by atoms with Crippen LogP contribution in [0.5, 0.6) is 17.2 Å². The molecule has 1 amide bonds. The van der Waals surface area contributed by atoms with E-state index in [1.54, 1.807) is 21.3 Å². The SMILES string of the molecule is COc1ccc(C(NC(=O)Cc2cc(OC)ccc2OC)C(C)C)cc1. The molecule has 0 saturated heterocycles. The first-order chi connectivity index (χ1) is 12.5. The predicted octanol–water partition coefficient (Wildman–Crippen LogP) is 3.77. The second-order valence-electron chi connectivity index (χ2n) is 6.42. The van der Waals surface area contributed by atoms with E-state index in [-0.39, 0.29) is 24.3 Å². The molecule has 0 fully saturated rings. The van der Waals surface area contributed by atoms with Gasteiger partial charge >= 0.3 is 0 Å². The van der Waals surface area contributed by atoms with Gasteiger partial charge in [-0.3, -0.25) is 4.79 Å². The average Bonchev–Trinajstić information content (AvgIpc) is 2.66. The summed E-state index contributed by atoms with van der Waals surface area (Å²) in [6.45, 7) is 4.17. The third kappa shape index (κ3) is 4.91. The number of ether oxygens (including phenoxy) is 3. The van der Waals surface area contributed by atoms with Crippen LogP contribution in [0.3, 0.4) is 0 Å². The fourth-order valence-corrected chi connectivity index (χ4v) is 2.86. The highest BCUT2D eigenvalue weighted by molar-refractivity contribution is 5.80. The van der Waals surface area contributed by atoms with Gasteiger partial charge in [0.15, 0.2) is 0 Å². The Balaban J connectivity index is 2.15. The minimum atomic E-state index is -0.0787. The molecule has 0 aliphatic carbocycles. The van der Waals surface area contributed by atoms with E-state index in [2.05, 4.69) is 19.2 Å². The summed E-state index contributed by atoms with van der Waals surface area (Å²) in [6.07, 6.45) is 0.222. The van der Waals surface area contributed by atoms with Gasteiger partial charge in [0.05, 0.1) is 33.8 Å². The summed E-state index contributed by atoms with van der Waals surface area (Å²) in [6, 6.07) is 13.1. The van der Waals surface area contributed by atoms with Crippen molar-refractivity contribution in [3.05, 3.63) is 53.6 Å². The van der Waals surface area contributed by atoms with E-state index in [0.717, 1.165) is 16.9 Å². The molecule has 0 spiro atoms. The zero-order valence-corrected chi connectivity index (χ0v) is 16.0. The summed E-state index contributed by atoms with van der Waals surface area (Å²) in [5, 5.41) is 3.13. The Hall–Kier alpha value is -2.69. The van der Waals surface area contributed by atoms with Gasteiger partial charge in [-0.05, 0) is 41.8 Å². The molecule has 140 valence electrons. The van der Waals surface area contributed by atoms with E-state index in [4.69, 9.17) is 14.2 Å². The molecule has 0 heterocycles. The third-order valence-corrected chi connectivity index (χ3v) is 4.30. The van der Waals surface area contributed by atoms with Crippen molar-refractivity contribution in [2.45, 2.75) is 26.3 Å². The second kappa shape index (κ2) is 9.13. The molecule has 1 unspecified atom stereocenters. The maximum atomic E-state index is 12.7. The predicted molar refractivity (Wildman–Crippen MR) is 102 cm³/mol. The Morgan fingerprint density at radius 2 is 1.54 bits per heavy atom. The van der Waals surface area contributed by atoms with E-state index in [1.165, 1.54) is 0 Å². The topological polar surface area (TPSA) is 56.8 Å². The number of hydrogen-bond donors (Lipinski definition) is 1. The van der Waals surface area contributed by atoms with Crippen LogP contribution >= 0.6 is 0 Å². The lowest BCUT2D eigenvalue weighted by molar-refractivity contribution is -0.121. The molecule has 26 heavy (non-hydrogen) atoms. The monoisotopic (exact) mass is 357 g/mol. The van der Waals surface area contributed by atoms with Crippen LogP contribution in [0.4, 0.5) is 0 Å². The van der Waals surface area contributed by atoms with Crippen molar-refractivity contribution in [3.8, 4) is 17.2 Å². The lowest BCUT2D eigenvalue weighted by atomic mass is 9.95. The summed E-state index contributed by atoms with van der Waals surface area (Å²) in [5.74, 6) is 2.35. The normalized spacial score (nSPS) is 11.8. The first-order valence-corrected chi connectivity index (χ1v) is 8.62. The molecule has 1 atom stereocenters. The quantitative estimate of drug-likeness (QED) is 0.781. The molecule has 0 aromatic heterocycles. The highest BCUT2D eigenvalue weighted by Crippen LogP contribution is 2.26. The van der Waals surface area contributed by atoms with Crippen molar-refractivity contribution in [1.29, 1.82) is 0 Å². The molecule has 1 N–H and O–H groups in total.